The van der Waals surface area contributed by atoms with Crippen LogP contribution in [-0.4, -0.2) is 79.1 Å². The first-order valence-electron chi connectivity index (χ1n) is 17.3. The SMILES string of the molecule is CCCCCCCCCCCCON(C(=O)C[N+](C)(C)C)[C@](CCC(=O)[O-])(OCCCCCCCCCCCC)C(=O)O. The Morgan fingerprint density at radius 2 is 1.07 bits per heavy atom. The molecule has 0 aromatic carbocycles. The Morgan fingerprint density at radius 1 is 0.674 bits per heavy atom. The van der Waals surface area contributed by atoms with Crippen molar-refractivity contribution in [1.29, 1.82) is 0 Å². The number of aliphatic carboxylic acids is 2. The Balaban J connectivity index is 5.17. The summed E-state index contributed by atoms with van der Waals surface area (Å²) in [5, 5.41) is 22.6. The van der Waals surface area contributed by atoms with Crippen LogP contribution < -0.4 is 5.11 Å². The van der Waals surface area contributed by atoms with Crippen LogP contribution in [0.3, 0.4) is 0 Å². The third kappa shape index (κ3) is 21.6. The summed E-state index contributed by atoms with van der Waals surface area (Å²) in [4.78, 5) is 43.5. The summed E-state index contributed by atoms with van der Waals surface area (Å²) < 4.78 is 6.20. The number of hydrogen-bond donors (Lipinski definition) is 1. The van der Waals surface area contributed by atoms with E-state index in [2.05, 4.69) is 13.8 Å². The van der Waals surface area contributed by atoms with Gasteiger partial charge in [-0.3, -0.25) is 9.63 Å². The summed E-state index contributed by atoms with van der Waals surface area (Å²) in [6, 6.07) is 0. The number of likely N-dealkylation sites (N-methyl/N-ethyl adjacent to an activating group) is 1. The quantitative estimate of drug-likeness (QED) is 0.0404. The van der Waals surface area contributed by atoms with Gasteiger partial charge in [-0.1, -0.05) is 129 Å². The summed E-state index contributed by atoms with van der Waals surface area (Å²) in [5.41, 5.74) is -2.23. The van der Waals surface area contributed by atoms with Gasteiger partial charge in [0, 0.05) is 12.4 Å². The van der Waals surface area contributed by atoms with E-state index in [9.17, 15) is 24.6 Å². The summed E-state index contributed by atoms with van der Waals surface area (Å²) in [5.74, 6) is -3.39. The van der Waals surface area contributed by atoms with Crippen molar-refractivity contribution in [3.8, 4) is 0 Å². The highest BCUT2D eigenvalue weighted by Gasteiger charge is 2.50. The van der Waals surface area contributed by atoms with Gasteiger partial charge in [0.2, 0.25) is 0 Å². The first-order valence-corrected chi connectivity index (χ1v) is 17.3. The van der Waals surface area contributed by atoms with Gasteiger partial charge >= 0.3 is 11.9 Å². The van der Waals surface area contributed by atoms with Crippen molar-refractivity contribution in [3.05, 3.63) is 0 Å². The van der Waals surface area contributed by atoms with E-state index in [1.54, 1.807) is 0 Å². The molecule has 9 nitrogen and oxygen atoms in total. The summed E-state index contributed by atoms with van der Waals surface area (Å²) in [7, 11) is 5.48. The molecular weight excluding hydrogens is 548 g/mol. The van der Waals surface area contributed by atoms with Crippen LogP contribution in [0.2, 0.25) is 0 Å². The molecule has 1 atom stereocenters. The van der Waals surface area contributed by atoms with Gasteiger partial charge in [0.1, 0.15) is 0 Å². The minimum absolute atomic E-state index is 0.0278. The monoisotopic (exact) mass is 614 g/mol. The first kappa shape index (κ1) is 41.3. The molecule has 0 spiro atoms. The molecule has 254 valence electrons. The van der Waals surface area contributed by atoms with Crippen molar-refractivity contribution in [2.24, 2.45) is 0 Å². The number of carboxylic acid groups (broad SMARTS) is 2. The average molecular weight is 615 g/mol. The fraction of sp³-hybridized carbons (Fsp3) is 0.912. The normalized spacial score (nSPS) is 13.1. The molecule has 1 N–H and O–H groups in total. The van der Waals surface area contributed by atoms with Crippen LogP contribution in [0.1, 0.15) is 155 Å². The number of carboxylic acids is 2. The van der Waals surface area contributed by atoms with E-state index in [0.29, 0.717) is 12.8 Å². The zero-order valence-corrected chi connectivity index (χ0v) is 28.5. The molecule has 43 heavy (non-hydrogen) atoms. The summed E-state index contributed by atoms with van der Waals surface area (Å²) in [6.45, 7) is 4.64. The molecule has 0 saturated heterocycles. The van der Waals surface area contributed by atoms with Crippen LogP contribution >= 0.6 is 0 Å². The fourth-order valence-corrected chi connectivity index (χ4v) is 5.18. The lowest BCUT2D eigenvalue weighted by Crippen LogP contribution is -2.62. The number of ether oxygens (including phenoxy) is 1. The second kappa shape index (κ2) is 25.6. The Bertz CT molecular complexity index is 726. The topological polar surface area (TPSA) is 116 Å². The number of carbonyl (C=O) groups is 3. The molecule has 0 aromatic heterocycles. The van der Waals surface area contributed by atoms with E-state index in [-0.39, 0.29) is 24.2 Å². The first-order chi connectivity index (χ1) is 20.5. The molecule has 0 fully saturated rings. The van der Waals surface area contributed by atoms with Crippen LogP contribution in [0.5, 0.6) is 0 Å². The highest BCUT2D eigenvalue weighted by molar-refractivity contribution is 5.86. The van der Waals surface area contributed by atoms with Gasteiger partial charge in [-0.05, 0) is 19.3 Å². The molecule has 9 heteroatoms. The van der Waals surface area contributed by atoms with Gasteiger partial charge in [-0.15, -0.1) is 0 Å². The molecule has 0 aliphatic heterocycles. The largest absolute Gasteiger partial charge is 0.550 e. The van der Waals surface area contributed by atoms with Crippen LogP contribution in [-0.2, 0) is 24.0 Å². The van der Waals surface area contributed by atoms with Gasteiger partial charge in [0.15, 0.2) is 6.54 Å². The predicted molar refractivity (Wildman–Crippen MR) is 170 cm³/mol. The molecule has 0 rings (SSSR count). The van der Waals surface area contributed by atoms with E-state index < -0.39 is 36.4 Å². The minimum Gasteiger partial charge on any atom is -0.550 e. The lowest BCUT2D eigenvalue weighted by atomic mass is 10.1. The molecular formula is C34H66N2O7. The van der Waals surface area contributed by atoms with Gasteiger partial charge in [-0.25, -0.2) is 4.79 Å². The van der Waals surface area contributed by atoms with Crippen molar-refractivity contribution in [3.63, 3.8) is 0 Å². The molecule has 0 heterocycles. The van der Waals surface area contributed by atoms with Crippen molar-refractivity contribution >= 4 is 17.8 Å². The maximum atomic E-state index is 13.4. The van der Waals surface area contributed by atoms with E-state index in [0.717, 1.165) is 43.6 Å². The Kier molecular flexibility index (Phi) is 24.6. The Labute approximate surface area is 263 Å². The van der Waals surface area contributed by atoms with Crippen LogP contribution in [0, 0.1) is 0 Å². The molecule has 0 unspecified atom stereocenters. The van der Waals surface area contributed by atoms with Crippen molar-refractivity contribution in [1.82, 2.24) is 5.06 Å². The highest BCUT2D eigenvalue weighted by Crippen LogP contribution is 2.27. The number of carbonyl (C=O) groups excluding carboxylic acids is 2. The standard InChI is InChI=1S/C34H66N2O7/c1-6-8-10-12-14-16-18-20-22-24-28-42-34(33(40)41,27-26-32(38)39)35(31(37)30-36(3,4)5)43-29-25-23-21-19-17-15-13-11-9-7-2/h6-30H2,1-5H3,(H-,38,39,40,41)/t34-/m1/s1. The van der Waals surface area contributed by atoms with Crippen LogP contribution in [0.15, 0.2) is 0 Å². The number of rotatable bonds is 31. The number of hydroxylamine groups is 2. The third-order valence-corrected chi connectivity index (χ3v) is 7.72. The van der Waals surface area contributed by atoms with E-state index in [1.807, 2.05) is 21.1 Å². The van der Waals surface area contributed by atoms with Gasteiger partial charge in [0.05, 0.1) is 34.4 Å². The highest BCUT2D eigenvalue weighted by atomic mass is 16.7. The fourth-order valence-electron chi connectivity index (χ4n) is 5.18. The van der Waals surface area contributed by atoms with E-state index >= 15 is 0 Å². The van der Waals surface area contributed by atoms with Gasteiger partial charge in [-0.2, -0.15) is 5.06 Å². The predicted octanol–water partition coefficient (Wildman–Crippen LogP) is 6.62. The van der Waals surface area contributed by atoms with Crippen LogP contribution in [0.4, 0.5) is 0 Å². The van der Waals surface area contributed by atoms with E-state index in [1.165, 1.54) is 77.0 Å². The van der Waals surface area contributed by atoms with Crippen LogP contribution in [0.25, 0.3) is 0 Å². The zero-order chi connectivity index (χ0) is 32.4. The Hall–Kier alpha value is -1.71. The van der Waals surface area contributed by atoms with Crippen molar-refractivity contribution < 1.29 is 38.7 Å². The number of hydrogen-bond acceptors (Lipinski definition) is 6. The second-order valence-corrected chi connectivity index (χ2v) is 13.1. The smallest absolute Gasteiger partial charge is 0.359 e. The Morgan fingerprint density at radius 3 is 1.44 bits per heavy atom. The summed E-state index contributed by atoms with van der Waals surface area (Å²) >= 11 is 0. The molecule has 0 bridgehead atoms. The maximum Gasteiger partial charge on any atom is 0.359 e. The number of amides is 1. The maximum absolute atomic E-state index is 13.4. The number of nitrogens with zero attached hydrogens (tertiary/aromatic N) is 2. The molecule has 0 saturated carbocycles. The average Bonchev–Trinajstić information content (AvgIpc) is 2.93. The van der Waals surface area contributed by atoms with Gasteiger partial charge in [0.25, 0.3) is 5.72 Å². The zero-order valence-electron chi connectivity index (χ0n) is 28.5. The van der Waals surface area contributed by atoms with E-state index in [4.69, 9.17) is 9.57 Å². The molecule has 0 aliphatic carbocycles. The lowest BCUT2D eigenvalue weighted by molar-refractivity contribution is -0.862. The third-order valence-electron chi connectivity index (χ3n) is 7.72. The second-order valence-electron chi connectivity index (χ2n) is 13.1. The molecule has 1 amide bonds. The minimum atomic E-state index is -2.23. The number of unbranched alkanes of at least 4 members (excludes halogenated alkanes) is 18. The number of quaternary nitrogens is 1. The summed E-state index contributed by atoms with van der Waals surface area (Å²) in [6.07, 6.45) is 21.5. The molecule has 0 radical (unpaired) electrons. The van der Waals surface area contributed by atoms with Gasteiger partial charge < -0.3 is 24.2 Å². The molecule has 0 aliphatic rings. The molecule has 0 aromatic rings. The lowest BCUT2D eigenvalue weighted by Gasteiger charge is -2.40. The van der Waals surface area contributed by atoms with Crippen molar-refractivity contribution in [2.45, 2.75) is 161 Å². The van der Waals surface area contributed by atoms with Crippen molar-refractivity contribution in [2.75, 3.05) is 40.9 Å².